The SMILES string of the molecule is CCC(C)[NH][Zr+2]([CH]1c2ccccc2-c2ccccc21)[SiH](c1ccccc1)c1ccccc1.[Cl-].[Cl-]. The molecule has 1 N–H and O–H groups in total. The summed E-state index contributed by atoms with van der Waals surface area (Å²) < 4.78 is 4.90. The monoisotopic (exact) mass is 580 g/mol. The zero-order chi connectivity index (χ0) is 21.9. The number of hydrogen-bond acceptors (Lipinski definition) is 1. The molecular weight excluding hydrogens is 553 g/mol. The molecule has 0 fully saturated rings. The molecule has 0 bridgehead atoms. The van der Waals surface area contributed by atoms with E-state index in [1.165, 1.54) is 17.5 Å². The van der Waals surface area contributed by atoms with Crippen molar-refractivity contribution in [3.63, 3.8) is 0 Å². The fourth-order valence-corrected chi connectivity index (χ4v) is 28.7. The maximum atomic E-state index is 4.35. The van der Waals surface area contributed by atoms with E-state index >= 15 is 0 Å². The standard InChI is InChI=1S/C13H9.C12H11Si.C4H10N.2ClH.Zr/c1-3-7-12-10(5-1)9-11-6-2-4-8-13(11)12;1-3-7-11(8-4-1)13-12-9-5-2-6-10-12;1-3-4(2)5;;;/h1-9H;1-10,13H;4-5H,3H2,1-2H3;2*1H;/q;;-1;;;+3/p-2. The summed E-state index contributed by atoms with van der Waals surface area (Å²) in [6, 6.07) is 41.7. The molecule has 0 aliphatic heterocycles. The topological polar surface area (TPSA) is 12.0 Å². The first-order valence-electron chi connectivity index (χ1n) is 11.7. The summed E-state index contributed by atoms with van der Waals surface area (Å²) in [4.78, 5) is 0. The molecule has 0 radical (unpaired) electrons. The molecule has 4 aromatic rings. The van der Waals surface area contributed by atoms with Crippen LogP contribution in [-0.4, -0.2) is 12.0 Å². The molecule has 1 aliphatic rings. The van der Waals surface area contributed by atoms with Crippen LogP contribution in [0.4, 0.5) is 0 Å². The van der Waals surface area contributed by atoms with E-state index in [1.54, 1.807) is 21.5 Å². The Hall–Kier alpha value is -1.48. The predicted molar refractivity (Wildman–Crippen MR) is 136 cm³/mol. The molecule has 0 spiro atoms. The molecule has 0 heterocycles. The first-order valence-corrected chi connectivity index (χ1v) is 20.3. The maximum absolute atomic E-state index is 4.35. The molecule has 1 atom stereocenters. The zero-order valence-corrected chi connectivity index (χ0v) is 24.7. The average Bonchev–Trinajstić information content (AvgIpc) is 3.19. The van der Waals surface area contributed by atoms with Crippen molar-refractivity contribution in [1.82, 2.24) is 3.26 Å². The van der Waals surface area contributed by atoms with E-state index in [1.807, 2.05) is 0 Å². The van der Waals surface area contributed by atoms with Gasteiger partial charge in [0.1, 0.15) is 0 Å². The van der Waals surface area contributed by atoms with Gasteiger partial charge in [0.25, 0.3) is 0 Å². The van der Waals surface area contributed by atoms with Gasteiger partial charge in [-0.15, -0.1) is 0 Å². The second kappa shape index (κ2) is 12.5. The summed E-state index contributed by atoms with van der Waals surface area (Å²) in [6.07, 6.45) is 1.17. The third-order valence-corrected chi connectivity index (χ3v) is 27.0. The summed E-state index contributed by atoms with van der Waals surface area (Å²) in [5.41, 5.74) is 6.02. The Kier molecular flexibility index (Phi) is 9.95. The van der Waals surface area contributed by atoms with E-state index in [9.17, 15) is 0 Å². The van der Waals surface area contributed by atoms with Gasteiger partial charge >= 0.3 is 202 Å². The van der Waals surface area contributed by atoms with E-state index in [-0.39, 0.29) is 24.8 Å². The molecule has 173 valence electrons. The van der Waals surface area contributed by atoms with Gasteiger partial charge < -0.3 is 24.8 Å². The van der Waals surface area contributed by atoms with Crippen LogP contribution in [0.2, 0.25) is 0 Å². The Morgan fingerprint density at radius 2 is 1.09 bits per heavy atom. The van der Waals surface area contributed by atoms with Crippen molar-refractivity contribution in [2.45, 2.75) is 29.9 Å². The molecule has 1 unspecified atom stereocenters. The Bertz CT molecular complexity index is 1100. The van der Waals surface area contributed by atoms with Crippen molar-refractivity contribution >= 4 is 16.3 Å². The number of hydrogen-bond donors (Lipinski definition) is 1. The fourth-order valence-electron chi connectivity index (χ4n) is 5.05. The third-order valence-electron chi connectivity index (χ3n) is 6.75. The van der Waals surface area contributed by atoms with Crippen molar-refractivity contribution < 1.29 is 46.0 Å². The smallest absolute Gasteiger partial charge is 1.00 e. The van der Waals surface area contributed by atoms with Crippen molar-refractivity contribution in [3.8, 4) is 11.1 Å². The van der Waals surface area contributed by atoms with Crippen LogP contribution in [0.15, 0.2) is 109 Å². The van der Waals surface area contributed by atoms with Crippen LogP contribution in [0.1, 0.15) is 35.0 Å². The molecule has 0 saturated heterocycles. The van der Waals surface area contributed by atoms with E-state index in [0.29, 0.717) is 9.67 Å². The quantitative estimate of drug-likeness (QED) is 0.282. The van der Waals surface area contributed by atoms with E-state index in [4.69, 9.17) is 0 Å². The average molecular weight is 583 g/mol. The molecule has 0 amide bonds. The van der Waals surface area contributed by atoms with Gasteiger partial charge in [-0.3, -0.25) is 0 Å². The molecule has 0 aromatic heterocycles. The van der Waals surface area contributed by atoms with Gasteiger partial charge in [0.2, 0.25) is 0 Å². The molecular formula is C29H30Cl2NSiZr. The number of nitrogens with one attached hydrogen (secondary N) is 1. The van der Waals surface area contributed by atoms with Crippen molar-refractivity contribution in [3.05, 3.63) is 120 Å². The number of fused-ring (bicyclic) bond motifs is 3. The van der Waals surface area contributed by atoms with Gasteiger partial charge in [-0.25, -0.2) is 0 Å². The molecule has 0 saturated carbocycles. The largest absolute Gasteiger partial charge is 1.00 e. The molecule has 5 rings (SSSR count). The van der Waals surface area contributed by atoms with E-state index < -0.39 is 27.1 Å². The normalized spacial score (nSPS) is 12.8. The van der Waals surface area contributed by atoms with Crippen LogP contribution >= 0.6 is 0 Å². The third kappa shape index (κ3) is 5.35. The van der Waals surface area contributed by atoms with Crippen molar-refractivity contribution in [1.29, 1.82) is 0 Å². The predicted octanol–water partition coefficient (Wildman–Crippen LogP) is -0.776. The maximum Gasteiger partial charge on any atom is -1.00 e. The van der Waals surface area contributed by atoms with Gasteiger partial charge in [-0.1, -0.05) is 0 Å². The number of rotatable bonds is 7. The van der Waals surface area contributed by atoms with Gasteiger partial charge in [0, 0.05) is 0 Å². The second-order valence-electron chi connectivity index (χ2n) is 8.77. The Labute approximate surface area is 225 Å². The molecule has 4 aromatic carbocycles. The molecule has 34 heavy (non-hydrogen) atoms. The molecule has 5 heteroatoms. The summed E-state index contributed by atoms with van der Waals surface area (Å²) in [7, 11) is 0. The number of benzene rings is 4. The minimum atomic E-state index is -2.30. The van der Waals surface area contributed by atoms with Gasteiger partial charge in [0.05, 0.1) is 0 Å². The number of halogens is 2. The first kappa shape index (κ1) is 27.1. The summed E-state index contributed by atoms with van der Waals surface area (Å²) in [6.45, 7) is 4.70. The van der Waals surface area contributed by atoms with Crippen LogP contribution in [0, 0.1) is 0 Å². The molecule has 1 aliphatic carbocycles. The zero-order valence-electron chi connectivity index (χ0n) is 19.6. The van der Waals surface area contributed by atoms with Crippen molar-refractivity contribution in [2.24, 2.45) is 0 Å². The summed E-state index contributed by atoms with van der Waals surface area (Å²) in [5.74, 6) is -1.42. The first-order chi connectivity index (χ1) is 15.8. The van der Waals surface area contributed by atoms with Crippen LogP contribution in [0.3, 0.4) is 0 Å². The van der Waals surface area contributed by atoms with Crippen LogP contribution in [0.5, 0.6) is 0 Å². The van der Waals surface area contributed by atoms with Crippen molar-refractivity contribution in [2.75, 3.05) is 0 Å². The minimum absolute atomic E-state index is 0. The fraction of sp³-hybridized carbons (Fsp3) is 0.172. The van der Waals surface area contributed by atoms with E-state index in [2.05, 4.69) is 126 Å². The summed E-state index contributed by atoms with van der Waals surface area (Å²) in [5, 5.41) is 3.18. The van der Waals surface area contributed by atoms with Crippen LogP contribution in [-0.2, 0) is 21.2 Å². The van der Waals surface area contributed by atoms with Gasteiger partial charge in [-0.05, 0) is 0 Å². The minimum Gasteiger partial charge on any atom is -1.00 e. The van der Waals surface area contributed by atoms with E-state index in [0.717, 1.165) is 0 Å². The van der Waals surface area contributed by atoms with Gasteiger partial charge in [0.15, 0.2) is 0 Å². The second-order valence-corrected chi connectivity index (χ2v) is 23.3. The van der Waals surface area contributed by atoms with Gasteiger partial charge in [-0.2, -0.15) is 0 Å². The molecule has 1 nitrogen and oxygen atoms in total. The summed E-state index contributed by atoms with van der Waals surface area (Å²) >= 11 is -2.30. The Morgan fingerprint density at radius 1 is 0.676 bits per heavy atom. The van der Waals surface area contributed by atoms with Crippen LogP contribution in [0.25, 0.3) is 11.1 Å². The Balaban J connectivity index is 0.00000162. The Morgan fingerprint density at radius 3 is 1.53 bits per heavy atom. The van der Waals surface area contributed by atoms with Crippen LogP contribution < -0.4 is 38.4 Å².